The van der Waals surface area contributed by atoms with E-state index in [-0.39, 0.29) is 74.7 Å². The Kier molecular flexibility index (Phi) is 18.9. The molecule has 10 rings (SSSR count). The van der Waals surface area contributed by atoms with Gasteiger partial charge in [0.2, 0.25) is 35.4 Å². The number of hydrogen-bond acceptors (Lipinski definition) is 13. The summed E-state index contributed by atoms with van der Waals surface area (Å²) in [5, 5.41) is 23.2. The number of carbonyl (C=O) groups is 8. The third kappa shape index (κ3) is 14.6. The van der Waals surface area contributed by atoms with Crippen LogP contribution in [-0.2, 0) is 69.5 Å². The van der Waals surface area contributed by atoms with Gasteiger partial charge in [0.05, 0.1) is 52.2 Å². The third-order valence-electron chi connectivity index (χ3n) is 17.5. The molecule has 1 saturated carbocycles. The van der Waals surface area contributed by atoms with Gasteiger partial charge >= 0.3 is 7.60 Å². The van der Waals surface area contributed by atoms with E-state index >= 15 is 0 Å². The number of primary amides is 1. The van der Waals surface area contributed by atoms with Gasteiger partial charge < -0.3 is 56.5 Å². The van der Waals surface area contributed by atoms with Gasteiger partial charge in [0.25, 0.3) is 11.4 Å². The number of hydrogen-bond donors (Lipinski definition) is 9. The van der Waals surface area contributed by atoms with Crippen LogP contribution in [0, 0.1) is 12.3 Å². The molecule has 1 aliphatic carbocycles. The second-order valence-electron chi connectivity index (χ2n) is 25.1. The largest absolute Gasteiger partial charge is 0.396 e. The predicted molar refractivity (Wildman–Crippen MR) is 333 cm³/mol. The van der Waals surface area contributed by atoms with Crippen LogP contribution in [0.5, 0.6) is 0 Å². The van der Waals surface area contributed by atoms with Crippen molar-refractivity contribution in [1.82, 2.24) is 36.1 Å². The summed E-state index contributed by atoms with van der Waals surface area (Å²) < 4.78 is 17.9. The smallest absolute Gasteiger partial charge is 0.391 e. The fraction of sp³-hybridized carbons (Fsp3) is 0.431. The fourth-order valence-corrected chi connectivity index (χ4v) is 13.6. The molecule has 7 amide bonds. The molecular weight excluding hydrogens is 1180 g/mol. The highest BCUT2D eigenvalue weighted by atomic mass is 32.1. The van der Waals surface area contributed by atoms with Crippen molar-refractivity contribution < 1.29 is 62.6 Å². The van der Waals surface area contributed by atoms with E-state index in [1.54, 1.807) is 18.3 Å². The van der Waals surface area contributed by atoms with Crippen molar-refractivity contribution in [2.45, 2.75) is 166 Å². The van der Waals surface area contributed by atoms with Crippen molar-refractivity contribution in [2.24, 2.45) is 11.1 Å². The van der Waals surface area contributed by atoms with Gasteiger partial charge in [-0.2, -0.15) is 0 Å². The lowest BCUT2D eigenvalue weighted by Crippen LogP contribution is -2.58. The number of benzene rings is 4. The Bertz CT molecular complexity index is 3760. The number of unbranched alkanes of at least 4 members (excludes halogenated alkanes) is 1. The molecule has 2 aromatic heterocycles. The Morgan fingerprint density at radius 3 is 2.29 bits per heavy atom. The second kappa shape index (κ2) is 26.3. The van der Waals surface area contributed by atoms with Crippen LogP contribution in [-0.4, -0.2) is 126 Å². The Labute approximate surface area is 519 Å². The lowest BCUT2D eigenvalue weighted by molar-refractivity contribution is -0.144. The number of nitrogens with two attached hydrogens (primary N) is 1. The zero-order valence-corrected chi connectivity index (χ0v) is 52.1. The van der Waals surface area contributed by atoms with Crippen LogP contribution in [0.3, 0.4) is 0 Å². The normalized spacial score (nSPS) is 19.6. The molecule has 0 spiro atoms. The first kappa shape index (κ1) is 64.1. The second-order valence-corrected chi connectivity index (χ2v) is 27.4. The number of carbonyl (C=O) groups excluding carboxylic acids is 8. The maximum absolute atomic E-state index is 14.6. The number of likely N-dealkylation sites (tertiary alicyclic amines) is 1. The van der Waals surface area contributed by atoms with E-state index in [9.17, 15) is 57.8 Å². The number of aryl methyl sites for hydroxylation is 3. The summed E-state index contributed by atoms with van der Waals surface area (Å²) in [6.45, 7) is 9.48. The van der Waals surface area contributed by atoms with Gasteiger partial charge in [-0.05, 0) is 128 Å². The van der Waals surface area contributed by atoms with Gasteiger partial charge in [-0.15, -0.1) is 11.3 Å². The van der Waals surface area contributed by atoms with Crippen LogP contribution >= 0.6 is 18.9 Å². The summed E-state index contributed by atoms with van der Waals surface area (Å²) in [6, 6.07) is 22.3. The van der Waals surface area contributed by atoms with Crippen LogP contribution in [0.15, 0.2) is 96.5 Å². The predicted octanol–water partition coefficient (Wildman–Crippen LogP) is 6.29. The number of para-hydroxylation sites is 1. The highest BCUT2D eigenvalue weighted by molar-refractivity contribution is 7.70. The van der Waals surface area contributed by atoms with Crippen molar-refractivity contribution in [3.05, 3.63) is 141 Å². The standard InChI is InChI=1S/C65H76N9O13PS/c1-36-56(89-35-67-36)41-17-21-45(22-18-41)65(27-28-65)72-60(80)51-32-46(75)33-73(51)62(82)57(64(3,4)5)71-54(77)12-7-6-9-38-13-15-39(16-14-38)34-87-37(2)47(25-26-53(66)76)69-59(79)52-31-42-11-8-10-40-19-24-49(61(81)74(52)55(40)42)70-58(78)50-30-44-29-43(20-23-48(44)68-50)63(83)88(84,85)86/h8,10-11,13-18,20-23,29-30,35,37,46-47,49,51-52,57,68,75H,6-7,9,12,19,24-28,31-34H2,1-5H3,(H2,66,76)(H,69,79)(H,70,78)(H,71,77)(H,72,80)(H2,84,85,86)/t37-,46-,47+,49+,51+,52+,57-/m1/s1. The number of thiazole rings is 1. The average molecular weight is 1250 g/mol. The minimum absolute atomic E-state index is 0.0218. The number of nitrogens with one attached hydrogen (secondary N) is 5. The zero-order valence-electron chi connectivity index (χ0n) is 50.4. The number of rotatable bonds is 24. The number of nitrogens with zero attached hydrogens (tertiary/aromatic N) is 3. The number of anilines is 1. The van der Waals surface area contributed by atoms with Crippen molar-refractivity contribution >= 4 is 82.4 Å². The van der Waals surface area contributed by atoms with E-state index in [2.05, 4.69) is 31.2 Å². The number of H-pyrrole nitrogens is 1. The molecule has 5 heterocycles. The molecule has 0 radical (unpaired) electrons. The molecule has 89 heavy (non-hydrogen) atoms. The Hall–Kier alpha value is -7.92. The van der Waals surface area contributed by atoms with Crippen molar-refractivity contribution in [2.75, 3.05) is 11.4 Å². The zero-order chi connectivity index (χ0) is 63.7. The number of aromatic amines is 1. The molecule has 24 heteroatoms. The van der Waals surface area contributed by atoms with Crippen LogP contribution in [0.4, 0.5) is 5.69 Å². The minimum atomic E-state index is -5.06. The summed E-state index contributed by atoms with van der Waals surface area (Å²) in [4.78, 5) is 139. The van der Waals surface area contributed by atoms with Gasteiger partial charge in [0.1, 0.15) is 29.9 Å². The van der Waals surface area contributed by atoms with Crippen LogP contribution in [0.2, 0.25) is 0 Å². The van der Waals surface area contributed by atoms with Gasteiger partial charge in [-0.25, -0.2) is 4.98 Å². The molecule has 3 aliphatic heterocycles. The van der Waals surface area contributed by atoms with Gasteiger partial charge in [-0.3, -0.25) is 47.8 Å². The molecule has 22 nitrogen and oxygen atoms in total. The number of fused-ring (bicyclic) bond motifs is 1. The number of aromatic nitrogens is 2. The third-order valence-corrected chi connectivity index (χ3v) is 19.2. The van der Waals surface area contributed by atoms with Crippen LogP contribution < -0.4 is 31.9 Å². The monoisotopic (exact) mass is 1250 g/mol. The quantitative estimate of drug-likeness (QED) is 0.0238. The van der Waals surface area contributed by atoms with E-state index in [1.807, 2.05) is 99.9 Å². The van der Waals surface area contributed by atoms with Gasteiger partial charge in [0, 0.05) is 48.7 Å². The maximum atomic E-state index is 14.6. The minimum Gasteiger partial charge on any atom is -0.391 e. The fourth-order valence-electron chi connectivity index (χ4n) is 12.3. The van der Waals surface area contributed by atoms with Crippen LogP contribution in [0.25, 0.3) is 21.3 Å². The maximum Gasteiger partial charge on any atom is 0.396 e. The average Bonchev–Trinajstić information content (AvgIpc) is 1.76. The molecule has 2 fully saturated rings. The highest BCUT2D eigenvalue weighted by Gasteiger charge is 2.51. The van der Waals surface area contributed by atoms with Crippen LogP contribution in [0.1, 0.15) is 140 Å². The van der Waals surface area contributed by atoms with E-state index in [0.29, 0.717) is 42.3 Å². The van der Waals surface area contributed by atoms with E-state index in [0.717, 1.165) is 56.8 Å². The summed E-state index contributed by atoms with van der Waals surface area (Å²) in [6.07, 6.45) is 3.06. The lowest BCUT2D eigenvalue weighted by atomic mass is 9.85. The molecule has 4 aromatic carbocycles. The lowest BCUT2D eigenvalue weighted by Gasteiger charge is -2.35. The summed E-state index contributed by atoms with van der Waals surface area (Å²) >= 11 is 1.57. The molecule has 7 atom stereocenters. The number of ether oxygens (including phenoxy) is 1. The number of β-amino-alcohol motifs (C(OH)–C–C–N with tert-alkyl or cyclic N) is 1. The van der Waals surface area contributed by atoms with Gasteiger partial charge in [-0.1, -0.05) is 87.5 Å². The van der Waals surface area contributed by atoms with E-state index in [4.69, 9.17) is 10.5 Å². The SMILES string of the molecule is Cc1ncsc1-c1ccc(C2(NC(=O)[C@@H]3C[C@@H](O)CN3C(=O)[C@@H](NC(=O)CCCCc3ccc(CO[C@H](C)[C@H](CCC(N)=O)NC(=O)[C@@H]4Cc5cccc6c5N4C(=O)[C@@H](NC(=O)c4cc5cc(C(=O)P(=O)(O)O)ccc5[nH]4)CC6)cc3)C(C)(C)C)CC2)cc1. The summed E-state index contributed by atoms with van der Waals surface area (Å²) in [5.41, 5.74) is 12.1. The Morgan fingerprint density at radius 1 is 0.899 bits per heavy atom. The van der Waals surface area contributed by atoms with Crippen molar-refractivity contribution in [3.8, 4) is 10.4 Å². The molecule has 1 saturated heterocycles. The molecule has 470 valence electrons. The number of aliphatic hydroxyl groups is 1. The highest BCUT2D eigenvalue weighted by Crippen LogP contribution is 2.47. The Balaban J connectivity index is 0.701. The Morgan fingerprint density at radius 2 is 1.62 bits per heavy atom. The van der Waals surface area contributed by atoms with E-state index < -0.39 is 96.0 Å². The molecular formula is C65H76N9O13PS. The molecule has 0 bridgehead atoms. The van der Waals surface area contributed by atoms with Crippen molar-refractivity contribution in [3.63, 3.8) is 0 Å². The summed E-state index contributed by atoms with van der Waals surface area (Å²) in [7, 11) is -5.06. The molecule has 6 aromatic rings. The number of amides is 7. The number of aliphatic hydroxyl groups excluding tert-OH is 1. The first-order valence-corrected chi connectivity index (χ1v) is 32.6. The van der Waals surface area contributed by atoms with Crippen molar-refractivity contribution in [1.29, 1.82) is 0 Å². The molecule has 4 aliphatic rings. The molecule has 0 unspecified atom stereocenters. The van der Waals surface area contributed by atoms with Gasteiger partial charge in [0.15, 0.2) is 0 Å². The first-order chi connectivity index (χ1) is 42.3. The topological polar surface area (TPSA) is 333 Å². The first-order valence-electron chi connectivity index (χ1n) is 30.1. The van der Waals surface area contributed by atoms with E-state index in [1.165, 1.54) is 34.1 Å². The molecule has 10 N–H and O–H groups in total. The summed E-state index contributed by atoms with van der Waals surface area (Å²) in [5.74, 6) is -3.25.